The van der Waals surface area contributed by atoms with Crippen LogP contribution in [0.15, 0.2) is 72.6 Å². The Kier molecular flexibility index (Phi) is 7.72. The van der Waals surface area contributed by atoms with Gasteiger partial charge >= 0.3 is 0 Å². The van der Waals surface area contributed by atoms with Crippen molar-refractivity contribution in [1.82, 2.24) is 9.88 Å². The number of hydrogen-bond acceptors (Lipinski definition) is 5. The molecule has 4 rings (SSSR count). The molecule has 1 atom stereocenters. The Hall–Kier alpha value is -3.93. The predicted octanol–water partition coefficient (Wildman–Crippen LogP) is 6.34. The molecule has 2 heterocycles. The standard InChI is InChI=1S/C32H36N2O4/c1-20(2)19-38-25-13-14-26(21(3)16-25)29(35)27-28(23-9-11-24(12-10-23)32(4,5)6)34(31(37)30(27)36)18-22-8-7-15-33-17-22/h7-17,20,28,35H,18-19H2,1-6H3/b29-27+/t28-/m1/s1. The lowest BCUT2D eigenvalue weighted by atomic mass is 9.85. The number of nitrogens with zero attached hydrogens (tertiary/aromatic N) is 2. The van der Waals surface area contributed by atoms with E-state index in [9.17, 15) is 14.7 Å². The number of benzene rings is 2. The molecule has 0 aliphatic carbocycles. The van der Waals surface area contributed by atoms with Gasteiger partial charge in [0.05, 0.1) is 18.2 Å². The van der Waals surface area contributed by atoms with E-state index in [0.29, 0.717) is 23.8 Å². The van der Waals surface area contributed by atoms with Gasteiger partial charge in [-0.15, -0.1) is 0 Å². The van der Waals surface area contributed by atoms with Crippen LogP contribution in [0.25, 0.3) is 5.76 Å². The molecule has 1 fully saturated rings. The summed E-state index contributed by atoms with van der Waals surface area (Å²) in [5.41, 5.74) is 3.99. The first-order valence-electron chi connectivity index (χ1n) is 13.0. The van der Waals surface area contributed by atoms with Gasteiger partial charge in [-0.1, -0.05) is 65.0 Å². The molecule has 1 aliphatic rings. The lowest BCUT2D eigenvalue weighted by Crippen LogP contribution is -2.29. The normalized spacial score (nSPS) is 17.3. The summed E-state index contributed by atoms with van der Waals surface area (Å²) in [6, 6.07) is 16.2. The van der Waals surface area contributed by atoms with Crippen LogP contribution in [-0.2, 0) is 21.5 Å². The fourth-order valence-corrected chi connectivity index (χ4v) is 4.64. The Balaban J connectivity index is 1.81. The molecule has 2 aromatic carbocycles. The van der Waals surface area contributed by atoms with Crippen molar-refractivity contribution in [1.29, 1.82) is 0 Å². The molecule has 6 heteroatoms. The van der Waals surface area contributed by atoms with Crippen LogP contribution in [0.1, 0.15) is 68.5 Å². The lowest BCUT2D eigenvalue weighted by Gasteiger charge is -2.26. The highest BCUT2D eigenvalue weighted by atomic mass is 16.5. The number of amides is 1. The molecule has 6 nitrogen and oxygen atoms in total. The zero-order chi connectivity index (χ0) is 27.6. The van der Waals surface area contributed by atoms with E-state index in [1.165, 1.54) is 4.90 Å². The quantitative estimate of drug-likeness (QED) is 0.227. The van der Waals surface area contributed by atoms with Gasteiger partial charge in [-0.25, -0.2) is 0 Å². The zero-order valence-corrected chi connectivity index (χ0v) is 23.0. The highest BCUT2D eigenvalue weighted by Crippen LogP contribution is 2.41. The van der Waals surface area contributed by atoms with Crippen LogP contribution >= 0.6 is 0 Å². The first-order chi connectivity index (χ1) is 18.0. The maximum Gasteiger partial charge on any atom is 0.295 e. The molecule has 0 saturated carbocycles. The van der Waals surface area contributed by atoms with E-state index in [-0.39, 0.29) is 23.3 Å². The Morgan fingerprint density at radius 3 is 2.37 bits per heavy atom. The Morgan fingerprint density at radius 1 is 1.08 bits per heavy atom. The Labute approximate surface area is 225 Å². The maximum atomic E-state index is 13.4. The van der Waals surface area contributed by atoms with Crippen LogP contribution in [0.4, 0.5) is 0 Å². The second-order valence-electron chi connectivity index (χ2n) is 11.3. The highest BCUT2D eigenvalue weighted by Gasteiger charge is 2.46. The molecule has 1 aromatic heterocycles. The molecule has 0 radical (unpaired) electrons. The summed E-state index contributed by atoms with van der Waals surface area (Å²) in [6.07, 6.45) is 3.34. The zero-order valence-electron chi connectivity index (χ0n) is 23.0. The van der Waals surface area contributed by atoms with Crippen molar-refractivity contribution in [3.8, 4) is 5.75 Å². The minimum atomic E-state index is -0.736. The minimum absolute atomic E-state index is 0.0491. The number of aryl methyl sites for hydroxylation is 1. The number of carbonyl (C=O) groups is 2. The number of aliphatic hydroxyl groups excluding tert-OH is 1. The molecule has 1 aliphatic heterocycles. The van der Waals surface area contributed by atoms with Crippen LogP contribution in [0, 0.1) is 12.8 Å². The summed E-state index contributed by atoms with van der Waals surface area (Å²) in [5.74, 6) is -0.455. The third-order valence-electron chi connectivity index (χ3n) is 6.74. The van der Waals surface area contributed by atoms with E-state index in [1.54, 1.807) is 30.6 Å². The molecule has 0 unspecified atom stereocenters. The molecule has 198 valence electrons. The van der Waals surface area contributed by atoms with Crippen LogP contribution < -0.4 is 4.74 Å². The van der Waals surface area contributed by atoms with Crippen molar-refractivity contribution in [3.05, 3.63) is 100 Å². The molecule has 0 bridgehead atoms. The van der Waals surface area contributed by atoms with E-state index >= 15 is 0 Å². The number of carbonyl (C=O) groups excluding carboxylic acids is 2. The summed E-state index contributed by atoms with van der Waals surface area (Å²) in [5, 5.41) is 11.5. The number of Topliss-reactive ketones (excluding diaryl/α,β-unsaturated/α-hetero) is 1. The van der Waals surface area contributed by atoms with Gasteiger partial charge in [0.25, 0.3) is 11.7 Å². The fourth-order valence-electron chi connectivity index (χ4n) is 4.64. The van der Waals surface area contributed by atoms with Crippen molar-refractivity contribution >= 4 is 17.4 Å². The van der Waals surface area contributed by atoms with Crippen LogP contribution in [-0.4, -0.2) is 33.3 Å². The highest BCUT2D eigenvalue weighted by molar-refractivity contribution is 6.46. The summed E-state index contributed by atoms with van der Waals surface area (Å²) in [4.78, 5) is 32.5. The summed E-state index contributed by atoms with van der Waals surface area (Å²) < 4.78 is 5.83. The van der Waals surface area contributed by atoms with Crippen molar-refractivity contribution in [2.75, 3.05) is 6.61 Å². The average Bonchev–Trinajstić information content (AvgIpc) is 3.12. The second-order valence-corrected chi connectivity index (χ2v) is 11.3. The SMILES string of the molecule is Cc1cc(OCC(C)C)ccc1/C(O)=C1\C(=O)C(=O)N(Cc2cccnc2)[C@@H]1c1ccc(C(C)(C)C)cc1. The van der Waals surface area contributed by atoms with Crippen LogP contribution in [0.2, 0.25) is 0 Å². The van der Waals surface area contributed by atoms with Crippen LogP contribution in [0.3, 0.4) is 0 Å². The molecule has 1 N–H and O–H groups in total. The Morgan fingerprint density at radius 2 is 1.79 bits per heavy atom. The van der Waals surface area contributed by atoms with Gasteiger partial charge in [-0.2, -0.15) is 0 Å². The molecular weight excluding hydrogens is 476 g/mol. The molecule has 3 aromatic rings. The molecule has 38 heavy (non-hydrogen) atoms. The van der Waals surface area contributed by atoms with Crippen molar-refractivity contribution in [2.24, 2.45) is 5.92 Å². The predicted molar refractivity (Wildman–Crippen MR) is 149 cm³/mol. The van der Waals surface area contributed by atoms with Crippen molar-refractivity contribution < 1.29 is 19.4 Å². The molecule has 1 amide bonds. The van der Waals surface area contributed by atoms with E-state index < -0.39 is 17.7 Å². The number of hydrogen-bond donors (Lipinski definition) is 1. The number of ketones is 1. The number of ether oxygens (including phenoxy) is 1. The fraction of sp³-hybridized carbons (Fsp3) is 0.344. The largest absolute Gasteiger partial charge is 0.507 e. The number of likely N-dealkylation sites (tertiary alicyclic amines) is 1. The van der Waals surface area contributed by atoms with Gasteiger partial charge in [0.2, 0.25) is 0 Å². The number of rotatable bonds is 7. The van der Waals surface area contributed by atoms with E-state index in [0.717, 1.165) is 22.3 Å². The summed E-state index contributed by atoms with van der Waals surface area (Å²) >= 11 is 0. The van der Waals surface area contributed by atoms with Gasteiger partial charge in [0, 0.05) is 24.5 Å². The monoisotopic (exact) mass is 512 g/mol. The first kappa shape index (κ1) is 27.1. The Bertz CT molecular complexity index is 1350. The third-order valence-corrected chi connectivity index (χ3v) is 6.74. The van der Waals surface area contributed by atoms with Crippen molar-refractivity contribution in [3.63, 3.8) is 0 Å². The lowest BCUT2D eigenvalue weighted by molar-refractivity contribution is -0.140. The van der Waals surface area contributed by atoms with E-state index in [4.69, 9.17) is 4.74 Å². The summed E-state index contributed by atoms with van der Waals surface area (Å²) in [6.45, 7) is 13.2. The van der Waals surface area contributed by atoms with Gasteiger partial charge < -0.3 is 14.7 Å². The van der Waals surface area contributed by atoms with Crippen LogP contribution in [0.5, 0.6) is 5.75 Å². The first-order valence-corrected chi connectivity index (χ1v) is 13.0. The minimum Gasteiger partial charge on any atom is -0.507 e. The number of aromatic nitrogens is 1. The van der Waals surface area contributed by atoms with Gasteiger partial charge in [0.15, 0.2) is 0 Å². The van der Waals surface area contributed by atoms with Gasteiger partial charge in [-0.05, 0) is 64.8 Å². The number of pyridine rings is 1. The summed E-state index contributed by atoms with van der Waals surface area (Å²) in [7, 11) is 0. The number of aliphatic hydroxyl groups is 1. The third kappa shape index (κ3) is 5.64. The molecular formula is C32H36N2O4. The van der Waals surface area contributed by atoms with Crippen molar-refractivity contribution in [2.45, 2.75) is 59.5 Å². The average molecular weight is 513 g/mol. The van der Waals surface area contributed by atoms with E-state index in [1.807, 2.05) is 43.3 Å². The molecule has 0 spiro atoms. The maximum absolute atomic E-state index is 13.4. The van der Waals surface area contributed by atoms with E-state index in [2.05, 4.69) is 39.6 Å². The topological polar surface area (TPSA) is 79.7 Å². The second kappa shape index (κ2) is 10.8. The smallest absolute Gasteiger partial charge is 0.295 e. The molecule has 1 saturated heterocycles. The van der Waals surface area contributed by atoms with Gasteiger partial charge in [0.1, 0.15) is 11.5 Å². The van der Waals surface area contributed by atoms with Gasteiger partial charge in [-0.3, -0.25) is 14.6 Å².